The molecule has 1 amide bonds. The maximum absolute atomic E-state index is 10.6. The average Bonchev–Trinajstić information content (AvgIpc) is 2.56. The van der Waals surface area contributed by atoms with E-state index in [0.29, 0.717) is 17.9 Å². The van der Waals surface area contributed by atoms with Gasteiger partial charge in [-0.2, -0.15) is 0 Å². The first-order valence-electron chi connectivity index (χ1n) is 6.37. The van der Waals surface area contributed by atoms with Gasteiger partial charge in [0.2, 0.25) is 5.91 Å². The number of benzene rings is 2. The Morgan fingerprint density at radius 3 is 2.38 bits per heavy atom. The maximum Gasteiger partial charge on any atom is 0.248 e. The van der Waals surface area contributed by atoms with E-state index in [1.165, 1.54) is 5.56 Å². The molecule has 0 spiro atoms. The Balaban J connectivity index is 0.000000154. The second kappa shape index (κ2) is 6.65. The predicted octanol–water partition coefficient (Wildman–Crippen LogP) is 2.38. The van der Waals surface area contributed by atoms with Crippen LogP contribution in [0, 0.1) is 0 Å². The summed E-state index contributed by atoms with van der Waals surface area (Å²) in [7, 11) is 3.19. The topological polar surface area (TPSA) is 70.8 Å². The quantitative estimate of drug-likeness (QED) is 0.941. The third kappa shape index (κ3) is 3.66. The first kappa shape index (κ1) is 14.7. The molecule has 0 radical (unpaired) electrons. The molecule has 0 atom stereocenters. The van der Waals surface area contributed by atoms with Gasteiger partial charge in [-0.1, -0.05) is 12.1 Å². The minimum Gasteiger partial charge on any atom is -0.497 e. The summed E-state index contributed by atoms with van der Waals surface area (Å²) in [5, 5.41) is 0. The van der Waals surface area contributed by atoms with Crippen LogP contribution in [-0.4, -0.2) is 20.1 Å². The van der Waals surface area contributed by atoms with Gasteiger partial charge in [0.05, 0.1) is 14.2 Å². The number of carbonyl (C=O) groups excluding carboxylic acids is 1. The van der Waals surface area contributed by atoms with E-state index in [4.69, 9.17) is 19.9 Å². The second-order valence-corrected chi connectivity index (χ2v) is 4.37. The van der Waals surface area contributed by atoms with Crippen molar-refractivity contribution in [2.24, 2.45) is 5.73 Å². The van der Waals surface area contributed by atoms with Crippen LogP contribution < -0.4 is 19.9 Å². The summed E-state index contributed by atoms with van der Waals surface area (Å²) in [6.45, 7) is 0.693. The predicted molar refractivity (Wildman–Crippen MR) is 78.8 cm³/mol. The largest absolute Gasteiger partial charge is 0.497 e. The lowest BCUT2D eigenvalue weighted by Crippen LogP contribution is -2.10. The number of hydrogen-bond acceptors (Lipinski definition) is 4. The lowest BCUT2D eigenvalue weighted by Gasteiger charge is -2.17. The van der Waals surface area contributed by atoms with Crippen LogP contribution in [0.25, 0.3) is 0 Å². The Kier molecular flexibility index (Phi) is 4.66. The van der Waals surface area contributed by atoms with Gasteiger partial charge in [-0.3, -0.25) is 4.79 Å². The molecule has 5 nitrogen and oxygen atoms in total. The fraction of sp³-hybridized carbons (Fsp3) is 0.188. The van der Waals surface area contributed by atoms with Gasteiger partial charge in [-0.25, -0.2) is 0 Å². The Bertz CT molecular complexity index is 640. The highest BCUT2D eigenvalue weighted by molar-refractivity contribution is 5.93. The van der Waals surface area contributed by atoms with Gasteiger partial charge in [-0.05, 0) is 35.9 Å². The highest BCUT2D eigenvalue weighted by Gasteiger charge is 2.11. The fourth-order valence-corrected chi connectivity index (χ4v) is 1.86. The summed E-state index contributed by atoms with van der Waals surface area (Å²) in [5.74, 6) is 1.88. The van der Waals surface area contributed by atoms with Crippen LogP contribution in [0.4, 0.5) is 0 Å². The fourth-order valence-electron chi connectivity index (χ4n) is 1.86. The smallest absolute Gasteiger partial charge is 0.248 e. The van der Waals surface area contributed by atoms with E-state index in [-0.39, 0.29) is 0 Å². The minimum atomic E-state index is -0.441. The van der Waals surface area contributed by atoms with Gasteiger partial charge >= 0.3 is 0 Å². The average molecular weight is 287 g/mol. The monoisotopic (exact) mass is 287 g/mol. The van der Waals surface area contributed by atoms with E-state index in [1.807, 2.05) is 18.2 Å². The number of ether oxygens (including phenoxy) is 3. The van der Waals surface area contributed by atoms with Crippen LogP contribution >= 0.6 is 0 Å². The summed E-state index contributed by atoms with van der Waals surface area (Å²) in [6.07, 6.45) is 0. The Morgan fingerprint density at radius 1 is 1.14 bits per heavy atom. The summed E-state index contributed by atoms with van der Waals surface area (Å²) in [5.41, 5.74) is 6.68. The van der Waals surface area contributed by atoms with Crippen LogP contribution in [-0.2, 0) is 6.61 Å². The molecule has 0 unspecified atom stereocenters. The van der Waals surface area contributed by atoms with Crippen molar-refractivity contribution in [3.63, 3.8) is 0 Å². The standard InChI is InChI=1S/C8H9NO2.C8H8O2/c1-11-7-4-2-3-6(5-7)8(9)10;1-9-8-4-6-2-3-7(8)10-5-6/h2-5H,1H3,(H2,9,10);2-4H,5H2,1H3. The first-order chi connectivity index (χ1) is 10.1. The van der Waals surface area contributed by atoms with E-state index in [9.17, 15) is 4.79 Å². The van der Waals surface area contributed by atoms with Crippen molar-refractivity contribution in [2.45, 2.75) is 6.61 Å². The van der Waals surface area contributed by atoms with Crippen molar-refractivity contribution >= 4 is 5.91 Å². The van der Waals surface area contributed by atoms with Crippen molar-refractivity contribution in [1.82, 2.24) is 0 Å². The Labute approximate surface area is 123 Å². The van der Waals surface area contributed by atoms with E-state index in [0.717, 1.165) is 11.5 Å². The Morgan fingerprint density at radius 2 is 1.95 bits per heavy atom. The molecule has 5 heteroatoms. The summed E-state index contributed by atoms with van der Waals surface area (Å²) in [4.78, 5) is 10.6. The highest BCUT2D eigenvalue weighted by atomic mass is 16.5. The van der Waals surface area contributed by atoms with Gasteiger partial charge in [0.1, 0.15) is 12.4 Å². The molecule has 2 heterocycles. The maximum atomic E-state index is 10.6. The van der Waals surface area contributed by atoms with Gasteiger partial charge in [0.15, 0.2) is 11.5 Å². The van der Waals surface area contributed by atoms with E-state index in [2.05, 4.69) is 0 Å². The van der Waals surface area contributed by atoms with Crippen LogP contribution in [0.3, 0.4) is 0 Å². The lowest BCUT2D eigenvalue weighted by molar-refractivity contribution is 0.1000. The van der Waals surface area contributed by atoms with E-state index in [1.54, 1.807) is 38.5 Å². The van der Waals surface area contributed by atoms with E-state index >= 15 is 0 Å². The SMILES string of the molecule is COc1cc2ccc1OC2.COc1cccc(C(N)=O)c1. The number of primary amides is 1. The zero-order valence-electron chi connectivity index (χ0n) is 12.0. The van der Waals surface area contributed by atoms with Crippen LogP contribution in [0.1, 0.15) is 15.9 Å². The molecule has 0 aromatic heterocycles. The highest BCUT2D eigenvalue weighted by Crippen LogP contribution is 2.32. The third-order valence-electron chi connectivity index (χ3n) is 2.98. The first-order valence-corrected chi connectivity index (χ1v) is 6.37. The molecule has 2 N–H and O–H groups in total. The third-order valence-corrected chi connectivity index (χ3v) is 2.98. The molecule has 2 aliphatic heterocycles. The number of carbonyl (C=O) groups is 1. The Hall–Kier alpha value is -2.69. The van der Waals surface area contributed by atoms with Crippen molar-refractivity contribution in [3.05, 3.63) is 53.6 Å². The number of methoxy groups -OCH3 is 2. The molecule has 2 aromatic carbocycles. The number of hydrogen-bond donors (Lipinski definition) is 1. The van der Waals surface area contributed by atoms with Crippen molar-refractivity contribution < 1.29 is 19.0 Å². The molecule has 2 aliphatic rings. The number of nitrogens with two attached hydrogens (primary N) is 1. The van der Waals surface area contributed by atoms with Gasteiger partial charge in [-0.15, -0.1) is 0 Å². The molecule has 0 saturated carbocycles. The lowest BCUT2D eigenvalue weighted by atomic mass is 10.2. The van der Waals surface area contributed by atoms with Gasteiger partial charge in [0, 0.05) is 5.56 Å². The van der Waals surface area contributed by atoms with Gasteiger partial charge in [0.25, 0.3) is 0 Å². The number of rotatable bonds is 3. The summed E-state index contributed by atoms with van der Waals surface area (Å²) >= 11 is 0. The van der Waals surface area contributed by atoms with Crippen molar-refractivity contribution in [3.8, 4) is 17.2 Å². The zero-order chi connectivity index (χ0) is 15.2. The van der Waals surface area contributed by atoms with Crippen molar-refractivity contribution in [2.75, 3.05) is 14.2 Å². The normalized spacial score (nSPS) is 11.0. The molecule has 2 aromatic rings. The summed E-state index contributed by atoms with van der Waals surface area (Å²) < 4.78 is 15.2. The van der Waals surface area contributed by atoms with Crippen LogP contribution in [0.2, 0.25) is 0 Å². The zero-order valence-corrected chi connectivity index (χ0v) is 12.0. The molecule has 0 aliphatic carbocycles. The van der Waals surface area contributed by atoms with Crippen molar-refractivity contribution in [1.29, 1.82) is 0 Å². The molecular weight excluding hydrogens is 270 g/mol. The minimum absolute atomic E-state index is 0.441. The number of amides is 1. The molecule has 0 saturated heterocycles. The molecule has 2 bridgehead atoms. The summed E-state index contributed by atoms with van der Waals surface area (Å²) in [6, 6.07) is 12.7. The molecular formula is C16H17NO4. The molecule has 21 heavy (non-hydrogen) atoms. The molecule has 4 rings (SSSR count). The van der Waals surface area contributed by atoms with Crippen LogP contribution in [0.5, 0.6) is 17.2 Å². The van der Waals surface area contributed by atoms with E-state index < -0.39 is 5.91 Å². The molecule has 0 fully saturated rings. The van der Waals surface area contributed by atoms with Gasteiger partial charge < -0.3 is 19.9 Å². The molecule has 110 valence electrons. The van der Waals surface area contributed by atoms with Crippen LogP contribution in [0.15, 0.2) is 42.5 Å². The second-order valence-electron chi connectivity index (χ2n) is 4.37. The number of fused-ring (bicyclic) bond motifs is 3.